The molecule has 0 unspecified atom stereocenters. The second kappa shape index (κ2) is 5.93. The molecule has 22 heavy (non-hydrogen) atoms. The minimum absolute atomic E-state index is 0.0566. The van der Waals surface area contributed by atoms with Crippen molar-refractivity contribution in [3.05, 3.63) is 34.1 Å². The van der Waals surface area contributed by atoms with Crippen LogP contribution in [0, 0.1) is 5.82 Å². The molecule has 0 radical (unpaired) electrons. The van der Waals surface area contributed by atoms with Gasteiger partial charge in [0.05, 0.1) is 6.42 Å². The van der Waals surface area contributed by atoms with Crippen molar-refractivity contribution in [3.8, 4) is 0 Å². The maximum Gasteiger partial charge on any atom is 0.227 e. The zero-order chi connectivity index (χ0) is 16.7. The van der Waals surface area contributed by atoms with E-state index in [0.717, 1.165) is 17.3 Å². The quantitative estimate of drug-likeness (QED) is 0.863. The van der Waals surface area contributed by atoms with Gasteiger partial charge in [-0.1, -0.05) is 15.9 Å². The van der Waals surface area contributed by atoms with Crippen molar-refractivity contribution in [3.63, 3.8) is 0 Å². The molecule has 1 aromatic rings. The van der Waals surface area contributed by atoms with Crippen molar-refractivity contribution in [2.45, 2.75) is 64.1 Å². The first-order valence-corrected chi connectivity index (χ1v) is 8.35. The van der Waals surface area contributed by atoms with E-state index in [4.69, 9.17) is 5.73 Å². The molecular formula is C17H24BrFN2O. The second-order valence-corrected chi connectivity index (χ2v) is 8.35. The molecule has 1 fully saturated rings. The number of halogens is 2. The normalized spacial score (nSPS) is 21.0. The first-order chi connectivity index (χ1) is 10.0. The molecule has 2 N–H and O–H groups in total. The topological polar surface area (TPSA) is 46.3 Å². The molecule has 0 aromatic heterocycles. The van der Waals surface area contributed by atoms with Crippen molar-refractivity contribution >= 4 is 21.8 Å². The van der Waals surface area contributed by atoms with Crippen LogP contribution in [0.3, 0.4) is 0 Å². The Labute approximate surface area is 140 Å². The molecule has 0 saturated carbocycles. The number of carbonyl (C=O) groups excluding carboxylic acids is 1. The molecular weight excluding hydrogens is 347 g/mol. The maximum atomic E-state index is 13.9. The highest BCUT2D eigenvalue weighted by Gasteiger charge is 2.46. The zero-order valence-corrected chi connectivity index (χ0v) is 15.2. The third-order valence-electron chi connectivity index (χ3n) is 4.33. The molecule has 1 amide bonds. The van der Waals surface area contributed by atoms with Crippen LogP contribution in [0.15, 0.2) is 22.7 Å². The predicted octanol–water partition coefficient (Wildman–Crippen LogP) is 3.64. The molecule has 3 nitrogen and oxygen atoms in total. The van der Waals surface area contributed by atoms with E-state index in [-0.39, 0.29) is 35.3 Å². The summed E-state index contributed by atoms with van der Waals surface area (Å²) in [5.74, 6) is -0.403. The Morgan fingerprint density at radius 3 is 2.41 bits per heavy atom. The number of hydrogen-bond donors (Lipinski definition) is 1. The van der Waals surface area contributed by atoms with Gasteiger partial charge in [-0.05, 0) is 64.3 Å². The Bertz CT molecular complexity index is 568. The molecule has 1 heterocycles. The van der Waals surface area contributed by atoms with Gasteiger partial charge in [-0.25, -0.2) is 4.39 Å². The number of amides is 1. The largest absolute Gasteiger partial charge is 0.332 e. The van der Waals surface area contributed by atoms with Crippen LogP contribution in [0.4, 0.5) is 4.39 Å². The highest BCUT2D eigenvalue weighted by molar-refractivity contribution is 9.10. The number of hydrogen-bond acceptors (Lipinski definition) is 2. The third kappa shape index (κ3) is 3.51. The van der Waals surface area contributed by atoms with E-state index in [1.165, 1.54) is 6.07 Å². The fourth-order valence-electron chi connectivity index (χ4n) is 3.95. The SMILES string of the molecule is CC1(C)CC(N)CC(C)(C)N1C(=O)Cc1cc(Br)ccc1F. The van der Waals surface area contributed by atoms with Gasteiger partial charge in [0.2, 0.25) is 5.91 Å². The van der Waals surface area contributed by atoms with Crippen LogP contribution in [0.5, 0.6) is 0 Å². The average molecular weight is 371 g/mol. The molecule has 2 rings (SSSR count). The molecule has 1 saturated heterocycles. The van der Waals surface area contributed by atoms with E-state index in [9.17, 15) is 9.18 Å². The summed E-state index contributed by atoms with van der Waals surface area (Å²) in [4.78, 5) is 14.8. The number of nitrogens with zero attached hydrogens (tertiary/aromatic N) is 1. The minimum Gasteiger partial charge on any atom is -0.332 e. The number of carbonyl (C=O) groups is 1. The lowest BCUT2D eigenvalue weighted by atomic mass is 9.77. The minimum atomic E-state index is -0.346. The van der Waals surface area contributed by atoms with E-state index >= 15 is 0 Å². The summed E-state index contributed by atoms with van der Waals surface area (Å²) < 4.78 is 14.7. The molecule has 1 aromatic carbocycles. The van der Waals surface area contributed by atoms with Crippen molar-refractivity contribution in [1.82, 2.24) is 4.90 Å². The molecule has 0 bridgehead atoms. The maximum absolute atomic E-state index is 13.9. The molecule has 0 atom stereocenters. The third-order valence-corrected chi connectivity index (χ3v) is 4.83. The number of nitrogens with two attached hydrogens (primary N) is 1. The summed E-state index contributed by atoms with van der Waals surface area (Å²) in [6.07, 6.45) is 1.57. The molecule has 0 spiro atoms. The van der Waals surface area contributed by atoms with E-state index in [0.29, 0.717) is 5.56 Å². The first-order valence-electron chi connectivity index (χ1n) is 7.55. The number of likely N-dealkylation sites (tertiary alicyclic amines) is 1. The van der Waals surface area contributed by atoms with Gasteiger partial charge in [0.1, 0.15) is 5.82 Å². The van der Waals surface area contributed by atoms with E-state index in [1.54, 1.807) is 12.1 Å². The molecule has 122 valence electrons. The standard InChI is InChI=1S/C17H24BrFN2O/c1-16(2)9-13(20)10-17(3,4)21(16)15(22)8-11-7-12(18)5-6-14(11)19/h5-7,13H,8-10,20H2,1-4H3. The van der Waals surface area contributed by atoms with Crippen molar-refractivity contribution in [1.29, 1.82) is 0 Å². The van der Waals surface area contributed by atoms with Gasteiger partial charge in [0, 0.05) is 21.6 Å². The van der Waals surface area contributed by atoms with Crippen LogP contribution in [0.25, 0.3) is 0 Å². The molecule has 0 aliphatic carbocycles. The highest BCUT2D eigenvalue weighted by Crippen LogP contribution is 2.38. The van der Waals surface area contributed by atoms with Crippen molar-refractivity contribution in [2.24, 2.45) is 5.73 Å². The lowest BCUT2D eigenvalue weighted by Crippen LogP contribution is -2.65. The van der Waals surface area contributed by atoms with Gasteiger partial charge in [0.25, 0.3) is 0 Å². The second-order valence-electron chi connectivity index (χ2n) is 7.43. The van der Waals surface area contributed by atoms with Crippen LogP contribution in [0.1, 0.15) is 46.1 Å². The number of benzene rings is 1. The van der Waals surface area contributed by atoms with E-state index in [1.807, 2.05) is 32.6 Å². The Hall–Kier alpha value is -0.940. The van der Waals surface area contributed by atoms with Gasteiger partial charge >= 0.3 is 0 Å². The summed E-state index contributed by atoms with van der Waals surface area (Å²) in [5, 5.41) is 0. The van der Waals surface area contributed by atoms with E-state index < -0.39 is 0 Å². The average Bonchev–Trinajstić information content (AvgIpc) is 2.29. The molecule has 5 heteroatoms. The van der Waals surface area contributed by atoms with Crippen LogP contribution in [-0.4, -0.2) is 27.9 Å². The van der Waals surface area contributed by atoms with Crippen molar-refractivity contribution < 1.29 is 9.18 Å². The summed E-state index contributed by atoms with van der Waals surface area (Å²) in [5.41, 5.74) is 5.89. The Kier molecular flexibility index (Phi) is 4.69. The molecule has 1 aliphatic rings. The Morgan fingerprint density at radius 1 is 1.32 bits per heavy atom. The Balaban J connectivity index is 2.29. The zero-order valence-electron chi connectivity index (χ0n) is 13.6. The van der Waals surface area contributed by atoms with Gasteiger partial charge in [-0.3, -0.25) is 4.79 Å². The predicted molar refractivity (Wildman–Crippen MR) is 90.0 cm³/mol. The number of rotatable bonds is 2. The first kappa shape index (κ1) is 17.4. The lowest BCUT2D eigenvalue weighted by Gasteiger charge is -2.54. The van der Waals surface area contributed by atoms with Gasteiger partial charge in [0.15, 0.2) is 0 Å². The summed E-state index contributed by atoms with van der Waals surface area (Å²) >= 11 is 3.33. The summed E-state index contributed by atoms with van der Waals surface area (Å²) in [7, 11) is 0. The van der Waals surface area contributed by atoms with Crippen LogP contribution >= 0.6 is 15.9 Å². The van der Waals surface area contributed by atoms with Crippen LogP contribution < -0.4 is 5.73 Å². The highest BCUT2D eigenvalue weighted by atomic mass is 79.9. The Morgan fingerprint density at radius 2 is 1.86 bits per heavy atom. The molecule has 1 aliphatic heterocycles. The smallest absolute Gasteiger partial charge is 0.227 e. The fourth-order valence-corrected chi connectivity index (χ4v) is 4.36. The van der Waals surface area contributed by atoms with E-state index in [2.05, 4.69) is 15.9 Å². The lowest BCUT2D eigenvalue weighted by molar-refractivity contribution is -0.148. The fraction of sp³-hybridized carbons (Fsp3) is 0.588. The monoisotopic (exact) mass is 370 g/mol. The van der Waals surface area contributed by atoms with Crippen LogP contribution in [0.2, 0.25) is 0 Å². The van der Waals surface area contributed by atoms with Crippen LogP contribution in [-0.2, 0) is 11.2 Å². The van der Waals surface area contributed by atoms with Gasteiger partial charge < -0.3 is 10.6 Å². The summed E-state index contributed by atoms with van der Waals surface area (Å²) in [6.45, 7) is 8.12. The summed E-state index contributed by atoms with van der Waals surface area (Å²) in [6, 6.07) is 4.77. The number of piperidine rings is 1. The van der Waals surface area contributed by atoms with Gasteiger partial charge in [-0.15, -0.1) is 0 Å². The van der Waals surface area contributed by atoms with Crippen molar-refractivity contribution in [2.75, 3.05) is 0 Å². The van der Waals surface area contributed by atoms with Gasteiger partial charge in [-0.2, -0.15) is 0 Å².